The molecular formula is C76H142F30. The van der Waals surface area contributed by atoms with Gasteiger partial charge in [0.2, 0.25) is 0 Å². The molecule has 30 heteroatoms. The van der Waals surface area contributed by atoms with E-state index in [1.165, 1.54) is 83.1 Å². The number of hydrogen-bond donors (Lipinski definition) is 0. The highest BCUT2D eigenvalue weighted by Crippen LogP contribution is 2.52. The van der Waals surface area contributed by atoms with Crippen LogP contribution >= 0.6 is 0 Å². The first-order valence-corrected chi connectivity index (χ1v) is 36.0. The Kier molecular flexibility index (Phi) is 56.0. The largest absolute Gasteiger partial charge is 0.394 e. The van der Waals surface area contributed by atoms with E-state index < -0.39 is 142 Å². The Morgan fingerprint density at radius 1 is 0.292 bits per heavy atom. The fourth-order valence-electron chi connectivity index (χ4n) is 6.87. The number of alkyl halides is 30. The highest BCUT2D eigenvalue weighted by Gasteiger charge is 2.56. The van der Waals surface area contributed by atoms with E-state index in [9.17, 15) is 132 Å². The molecule has 7 atom stereocenters. The zero-order valence-corrected chi connectivity index (χ0v) is 70.9. The highest BCUT2D eigenvalue weighted by atomic mass is 19.4. The first-order valence-electron chi connectivity index (χ1n) is 36.0. The Labute approximate surface area is 620 Å². The quantitative estimate of drug-likeness (QED) is 0.135. The molecule has 0 aliphatic rings. The smallest absolute Gasteiger partial charge is 0.171 e. The van der Waals surface area contributed by atoms with Crippen molar-refractivity contribution in [1.82, 2.24) is 0 Å². The van der Waals surface area contributed by atoms with Crippen LogP contribution in [-0.4, -0.2) is 61.8 Å². The van der Waals surface area contributed by atoms with Crippen LogP contribution in [0.4, 0.5) is 132 Å². The van der Waals surface area contributed by atoms with Crippen LogP contribution in [0, 0.1) is 114 Å². The number of halogens is 30. The van der Waals surface area contributed by atoms with E-state index >= 15 is 0 Å². The number of rotatable bonds is 16. The van der Waals surface area contributed by atoms with Gasteiger partial charge in [-0.15, -0.1) is 0 Å². The van der Waals surface area contributed by atoms with Crippen molar-refractivity contribution < 1.29 is 132 Å². The van der Waals surface area contributed by atoms with Crippen molar-refractivity contribution in [1.29, 1.82) is 0 Å². The van der Waals surface area contributed by atoms with E-state index in [1.807, 2.05) is 41.5 Å². The van der Waals surface area contributed by atoms with E-state index in [0.717, 1.165) is 0 Å². The maximum absolute atomic E-state index is 12.3. The fraction of sp³-hybridized carbons (Fsp3) is 1.00. The molecule has 0 aliphatic carbocycles. The summed E-state index contributed by atoms with van der Waals surface area (Å²) >= 11 is 0. The summed E-state index contributed by atoms with van der Waals surface area (Å²) in [5.74, 6) is -5.99. The summed E-state index contributed by atoms with van der Waals surface area (Å²) in [5, 5.41) is 0. The van der Waals surface area contributed by atoms with Gasteiger partial charge in [-0.25, -0.2) is 0 Å². The molecule has 0 saturated carbocycles. The molecule has 0 heterocycles. The molecule has 0 aromatic heterocycles. The second kappa shape index (κ2) is 47.6. The Balaban J connectivity index is -0.000000121. The predicted molar refractivity (Wildman–Crippen MR) is 374 cm³/mol. The van der Waals surface area contributed by atoms with Gasteiger partial charge in [-0.3, -0.25) is 0 Å². The summed E-state index contributed by atoms with van der Waals surface area (Å²) in [6.07, 6.45) is -38.7. The summed E-state index contributed by atoms with van der Waals surface area (Å²) in [5.41, 5.74) is -9.10. The van der Waals surface area contributed by atoms with Gasteiger partial charge in [0.15, 0.2) is 0 Å². The van der Waals surface area contributed by atoms with Crippen LogP contribution in [0.3, 0.4) is 0 Å². The highest BCUT2D eigenvalue weighted by molar-refractivity contribution is 4.90. The summed E-state index contributed by atoms with van der Waals surface area (Å²) in [7, 11) is 0. The summed E-state index contributed by atoms with van der Waals surface area (Å²) in [6.45, 7) is 58.8. The molecule has 0 bridgehead atoms. The van der Waals surface area contributed by atoms with E-state index in [1.54, 1.807) is 138 Å². The van der Waals surface area contributed by atoms with Gasteiger partial charge in [-0.2, -0.15) is 132 Å². The lowest BCUT2D eigenvalue weighted by Gasteiger charge is -2.40. The molecule has 0 nitrogen and oxygen atoms in total. The molecule has 0 rings (SSSR count). The van der Waals surface area contributed by atoms with Crippen LogP contribution in [0.15, 0.2) is 0 Å². The van der Waals surface area contributed by atoms with Crippen LogP contribution in [0.5, 0.6) is 0 Å². The molecule has 0 radical (unpaired) electrons. The molecule has 0 amide bonds. The van der Waals surface area contributed by atoms with Crippen molar-refractivity contribution in [3.8, 4) is 0 Å². The van der Waals surface area contributed by atoms with Crippen LogP contribution in [0.1, 0.15) is 314 Å². The molecule has 0 N–H and O–H groups in total. The molecule has 106 heavy (non-hydrogen) atoms. The molecule has 0 aromatic rings. The Morgan fingerprint density at radius 3 is 0.623 bits per heavy atom. The lowest BCUT2D eigenvalue weighted by Crippen LogP contribution is -2.43. The summed E-state index contributed by atoms with van der Waals surface area (Å²) in [4.78, 5) is 0. The van der Waals surface area contributed by atoms with Gasteiger partial charge in [0.1, 0.15) is 0 Å². The minimum absolute atomic E-state index is 0.0362. The maximum Gasteiger partial charge on any atom is 0.394 e. The van der Waals surface area contributed by atoms with Gasteiger partial charge in [-0.05, 0) is 75.4 Å². The molecule has 4 unspecified atom stereocenters. The van der Waals surface area contributed by atoms with Crippen molar-refractivity contribution in [3.05, 3.63) is 0 Å². The van der Waals surface area contributed by atoms with E-state index in [4.69, 9.17) is 0 Å². The van der Waals surface area contributed by atoms with Gasteiger partial charge < -0.3 is 0 Å². The molecular weight excluding hydrogens is 1480 g/mol. The third kappa shape index (κ3) is 54.6. The van der Waals surface area contributed by atoms with Crippen molar-refractivity contribution in [2.45, 2.75) is 376 Å². The van der Waals surface area contributed by atoms with Crippen molar-refractivity contribution in [3.63, 3.8) is 0 Å². The third-order valence-corrected chi connectivity index (χ3v) is 22.1. The average molecular weight is 1630 g/mol. The minimum Gasteiger partial charge on any atom is -0.171 e. The van der Waals surface area contributed by atoms with Crippen LogP contribution in [-0.2, 0) is 0 Å². The molecule has 0 aromatic carbocycles. The molecule has 0 fully saturated rings. The normalized spacial score (nSPS) is 15.8. The number of hydrogen-bond acceptors (Lipinski definition) is 0. The topological polar surface area (TPSA) is 0 Å². The Hall–Kier alpha value is -2.10. The average Bonchev–Trinajstić information content (AvgIpc) is 0.797. The van der Waals surface area contributed by atoms with Crippen molar-refractivity contribution in [2.24, 2.45) is 114 Å². The second-order valence-corrected chi connectivity index (χ2v) is 34.9. The maximum atomic E-state index is 12.3. The zero-order chi connectivity index (χ0) is 89.6. The van der Waals surface area contributed by atoms with Crippen LogP contribution < -0.4 is 0 Å². The molecule has 0 spiro atoms. The van der Waals surface area contributed by atoms with Crippen molar-refractivity contribution >= 4 is 0 Å². The first kappa shape index (κ1) is 125. The van der Waals surface area contributed by atoms with Gasteiger partial charge >= 0.3 is 61.8 Å². The van der Waals surface area contributed by atoms with Gasteiger partial charge in [0, 0.05) is 12.8 Å². The lowest BCUT2D eigenvalue weighted by atomic mass is 9.69. The van der Waals surface area contributed by atoms with Gasteiger partial charge in [0.05, 0.1) is 45.3 Å². The summed E-state index contributed by atoms with van der Waals surface area (Å²) < 4.78 is 361. The second-order valence-electron chi connectivity index (χ2n) is 34.9. The third-order valence-electron chi connectivity index (χ3n) is 22.1. The molecule has 0 aliphatic heterocycles. The fourth-order valence-corrected chi connectivity index (χ4v) is 6.87. The predicted octanol–water partition coefficient (Wildman–Crippen LogP) is 34.6. The van der Waals surface area contributed by atoms with Crippen LogP contribution in [0.2, 0.25) is 0 Å². The van der Waals surface area contributed by atoms with Crippen molar-refractivity contribution in [2.75, 3.05) is 0 Å². The molecule has 0 saturated heterocycles. The van der Waals surface area contributed by atoms with Gasteiger partial charge in [-0.1, -0.05) is 295 Å². The standard InChI is InChI=1S/C9H17F3.4C8H15F3.5C7H13F3/c1-6(2)8(4,5)7(3)9(10,11)12;2*1-6(2,3)7(4,5)8(9,10)11;2*1-5(2)6(3)7(4)8(9,10)11;1-5(2)6(3,4)7(8,9)10;1-4-6(2,3)5-7(8,9)10;1-4-5-6(2,3)7(8,9)10;1-4-5(2)6(3)7(8,9)10;1-3-6(4-2)5-7(8,9)10/h6-7H,1-5H3;2*1-5H3;2*5-7H,1-4H3;5H,1-4H3;2*4-5H2,1-3H3;5-6H,4H2,1-3H3;6H,3-5H2,1-2H3/t;;;2*6-,7?;;;;5?,6-;/m...11...1./s1. The SMILES string of the molecule is CC(C)(C)C(C)(C)C(F)(F)F.CC(C)(C)C(C)(C)C(F)(F)F.CC(C)C(C)(C)C(C)C(F)(F)F.CC(C)C(C)(C)C(F)(F)F.CC(C)[C@@H](C)C(C)C(F)(F)F.CC(C)[C@@H](C)C(C)C(F)(F)F.CCC(C)(C)CC(F)(F)F.CCC(C)[C@@H](C)C(F)(F)F.CCC(CC)CC(F)(F)F.CCCC(C)(C)C(F)(F)F. The molecule has 656 valence electrons. The monoisotopic (exact) mass is 1630 g/mol. The van der Waals surface area contributed by atoms with Crippen LogP contribution in [0.25, 0.3) is 0 Å². The zero-order valence-electron chi connectivity index (χ0n) is 70.9. The van der Waals surface area contributed by atoms with Gasteiger partial charge in [0.25, 0.3) is 0 Å². The minimum atomic E-state index is -4.12. The van der Waals surface area contributed by atoms with E-state index in [0.29, 0.717) is 32.1 Å². The Morgan fingerprint density at radius 2 is 0.566 bits per heavy atom. The van der Waals surface area contributed by atoms with E-state index in [2.05, 4.69) is 0 Å². The first-order chi connectivity index (χ1) is 45.3. The van der Waals surface area contributed by atoms with E-state index in [-0.39, 0.29) is 53.8 Å². The lowest BCUT2D eigenvalue weighted by molar-refractivity contribution is -0.244. The summed E-state index contributed by atoms with van der Waals surface area (Å²) in [6, 6.07) is 0. The Bertz CT molecular complexity index is 2040.